The average Bonchev–Trinajstić information content (AvgIpc) is 2.29. The van der Waals surface area contributed by atoms with Crippen LogP contribution in [0.1, 0.15) is 18.1 Å². The Labute approximate surface area is 97.0 Å². The summed E-state index contributed by atoms with van der Waals surface area (Å²) in [7, 11) is 1.77. The molecule has 16 heavy (non-hydrogen) atoms. The van der Waals surface area contributed by atoms with Crippen LogP contribution in [0.3, 0.4) is 0 Å². The van der Waals surface area contributed by atoms with E-state index in [9.17, 15) is 4.79 Å². The number of likely N-dealkylation sites (N-methyl/N-ethyl adjacent to an activating group) is 1. The van der Waals surface area contributed by atoms with Gasteiger partial charge in [-0.05, 0) is 44.0 Å². The Hall–Kier alpha value is -1.51. The van der Waals surface area contributed by atoms with E-state index in [1.165, 1.54) is 11.1 Å². The van der Waals surface area contributed by atoms with E-state index in [1.807, 2.05) is 32.0 Å². The minimum atomic E-state index is 0.000674. The number of carbonyl (C=O) groups excluding carboxylic acids is 1. The molecular weight excluding hydrogens is 202 g/mol. The Kier molecular flexibility index (Phi) is 4.35. The van der Waals surface area contributed by atoms with E-state index in [0.717, 1.165) is 5.75 Å². The Morgan fingerprint density at radius 3 is 2.56 bits per heavy atom. The monoisotopic (exact) mass is 221 g/mol. The van der Waals surface area contributed by atoms with Gasteiger partial charge in [0.05, 0.1) is 0 Å². The van der Waals surface area contributed by atoms with E-state index in [0.29, 0.717) is 6.54 Å². The molecular formula is C13H19NO2. The van der Waals surface area contributed by atoms with Crippen molar-refractivity contribution in [1.29, 1.82) is 0 Å². The molecule has 0 radical (unpaired) electrons. The molecule has 3 heteroatoms. The van der Waals surface area contributed by atoms with Gasteiger partial charge >= 0.3 is 0 Å². The molecule has 0 unspecified atom stereocenters. The van der Waals surface area contributed by atoms with Crippen LogP contribution in [0.5, 0.6) is 5.75 Å². The van der Waals surface area contributed by atoms with Crippen LogP contribution in [0.2, 0.25) is 0 Å². The zero-order chi connectivity index (χ0) is 12.1. The molecule has 0 aromatic heterocycles. The highest BCUT2D eigenvalue weighted by molar-refractivity contribution is 5.77. The topological polar surface area (TPSA) is 29.5 Å². The summed E-state index contributed by atoms with van der Waals surface area (Å²) in [5.74, 6) is 0.752. The maximum Gasteiger partial charge on any atom is 0.260 e. The number of hydrogen-bond donors (Lipinski definition) is 0. The van der Waals surface area contributed by atoms with Crippen LogP contribution in [0, 0.1) is 13.8 Å². The quantitative estimate of drug-likeness (QED) is 0.779. The van der Waals surface area contributed by atoms with Crippen LogP contribution in [-0.2, 0) is 4.79 Å². The van der Waals surface area contributed by atoms with Crippen LogP contribution < -0.4 is 4.74 Å². The summed E-state index contributed by atoms with van der Waals surface area (Å²) < 4.78 is 5.44. The summed E-state index contributed by atoms with van der Waals surface area (Å²) in [6.07, 6.45) is 0. The molecule has 0 heterocycles. The van der Waals surface area contributed by atoms with Crippen molar-refractivity contribution in [1.82, 2.24) is 4.90 Å². The predicted molar refractivity (Wildman–Crippen MR) is 64.7 cm³/mol. The van der Waals surface area contributed by atoms with Crippen molar-refractivity contribution in [3.05, 3.63) is 29.3 Å². The molecule has 0 spiro atoms. The fraction of sp³-hybridized carbons (Fsp3) is 0.462. The van der Waals surface area contributed by atoms with Crippen LogP contribution >= 0.6 is 0 Å². The molecule has 0 fully saturated rings. The van der Waals surface area contributed by atoms with Crippen LogP contribution in [0.15, 0.2) is 18.2 Å². The summed E-state index contributed by atoms with van der Waals surface area (Å²) >= 11 is 0. The van der Waals surface area contributed by atoms with Gasteiger partial charge in [0.15, 0.2) is 6.61 Å². The Morgan fingerprint density at radius 2 is 2.00 bits per heavy atom. The summed E-state index contributed by atoms with van der Waals surface area (Å²) in [6, 6.07) is 5.84. The first-order chi connectivity index (χ1) is 7.54. The second-order valence-electron chi connectivity index (χ2n) is 3.94. The summed E-state index contributed by atoms with van der Waals surface area (Å²) in [4.78, 5) is 13.1. The van der Waals surface area contributed by atoms with Crippen molar-refractivity contribution in [2.24, 2.45) is 0 Å². The number of carbonyl (C=O) groups is 1. The molecule has 0 N–H and O–H groups in total. The zero-order valence-electron chi connectivity index (χ0n) is 10.4. The molecule has 0 saturated carbocycles. The molecule has 1 aromatic rings. The number of amides is 1. The Morgan fingerprint density at radius 1 is 1.31 bits per heavy atom. The van der Waals surface area contributed by atoms with E-state index < -0.39 is 0 Å². The second-order valence-corrected chi connectivity index (χ2v) is 3.94. The van der Waals surface area contributed by atoms with Gasteiger partial charge < -0.3 is 9.64 Å². The first-order valence-electron chi connectivity index (χ1n) is 5.48. The smallest absolute Gasteiger partial charge is 0.260 e. The molecule has 0 saturated heterocycles. The lowest BCUT2D eigenvalue weighted by atomic mass is 10.1. The van der Waals surface area contributed by atoms with E-state index in [-0.39, 0.29) is 12.5 Å². The molecule has 1 aromatic carbocycles. The minimum absolute atomic E-state index is 0.000674. The van der Waals surface area contributed by atoms with Crippen molar-refractivity contribution in [3.63, 3.8) is 0 Å². The first kappa shape index (κ1) is 12.6. The average molecular weight is 221 g/mol. The Balaban J connectivity index is 2.55. The van der Waals surface area contributed by atoms with Gasteiger partial charge in [-0.15, -0.1) is 0 Å². The highest BCUT2D eigenvalue weighted by atomic mass is 16.5. The molecule has 0 aliphatic carbocycles. The SMILES string of the molecule is CCN(C)C(=O)COc1ccc(C)c(C)c1. The first-order valence-corrected chi connectivity index (χ1v) is 5.48. The van der Waals surface area contributed by atoms with Crippen molar-refractivity contribution in [3.8, 4) is 5.75 Å². The minimum Gasteiger partial charge on any atom is -0.484 e. The third kappa shape index (κ3) is 3.26. The van der Waals surface area contributed by atoms with Crippen molar-refractivity contribution in [2.75, 3.05) is 20.2 Å². The molecule has 3 nitrogen and oxygen atoms in total. The summed E-state index contributed by atoms with van der Waals surface area (Å²) in [5, 5.41) is 0. The lowest BCUT2D eigenvalue weighted by Gasteiger charge is -2.15. The largest absolute Gasteiger partial charge is 0.484 e. The number of rotatable bonds is 4. The highest BCUT2D eigenvalue weighted by Crippen LogP contribution is 2.16. The number of nitrogens with zero attached hydrogens (tertiary/aromatic N) is 1. The molecule has 0 aliphatic rings. The zero-order valence-corrected chi connectivity index (χ0v) is 10.4. The number of benzene rings is 1. The number of ether oxygens (including phenoxy) is 1. The van der Waals surface area contributed by atoms with Gasteiger partial charge in [-0.1, -0.05) is 6.07 Å². The summed E-state index contributed by atoms with van der Waals surface area (Å²) in [6.45, 7) is 6.83. The predicted octanol–water partition coefficient (Wildman–Crippen LogP) is 2.16. The van der Waals surface area contributed by atoms with E-state index >= 15 is 0 Å². The fourth-order valence-electron chi connectivity index (χ4n) is 1.24. The van der Waals surface area contributed by atoms with Crippen molar-refractivity contribution >= 4 is 5.91 Å². The molecule has 1 rings (SSSR count). The molecule has 88 valence electrons. The van der Waals surface area contributed by atoms with Crippen LogP contribution in [-0.4, -0.2) is 31.0 Å². The maximum atomic E-state index is 11.5. The van der Waals surface area contributed by atoms with E-state index in [1.54, 1.807) is 11.9 Å². The second kappa shape index (κ2) is 5.54. The van der Waals surface area contributed by atoms with Crippen LogP contribution in [0.25, 0.3) is 0 Å². The van der Waals surface area contributed by atoms with Gasteiger partial charge in [0.2, 0.25) is 0 Å². The van der Waals surface area contributed by atoms with E-state index in [4.69, 9.17) is 4.74 Å². The lowest BCUT2D eigenvalue weighted by molar-refractivity contribution is -0.131. The summed E-state index contributed by atoms with van der Waals surface area (Å²) in [5.41, 5.74) is 2.40. The van der Waals surface area contributed by atoms with Gasteiger partial charge in [0.25, 0.3) is 5.91 Å². The van der Waals surface area contributed by atoms with Gasteiger partial charge in [-0.25, -0.2) is 0 Å². The lowest BCUT2D eigenvalue weighted by Crippen LogP contribution is -2.31. The number of aryl methyl sites for hydroxylation is 2. The maximum absolute atomic E-state index is 11.5. The van der Waals surface area contributed by atoms with Crippen molar-refractivity contribution in [2.45, 2.75) is 20.8 Å². The van der Waals surface area contributed by atoms with Gasteiger partial charge in [-0.3, -0.25) is 4.79 Å². The molecule has 0 aliphatic heterocycles. The fourth-order valence-corrected chi connectivity index (χ4v) is 1.24. The normalized spacial score (nSPS) is 10.0. The number of hydrogen-bond acceptors (Lipinski definition) is 2. The molecule has 1 amide bonds. The standard InChI is InChI=1S/C13H19NO2/c1-5-14(4)13(15)9-16-12-7-6-10(2)11(3)8-12/h6-8H,5,9H2,1-4H3. The third-order valence-corrected chi connectivity index (χ3v) is 2.74. The highest BCUT2D eigenvalue weighted by Gasteiger charge is 2.07. The van der Waals surface area contributed by atoms with Gasteiger partial charge in [0.1, 0.15) is 5.75 Å². The Bertz CT molecular complexity index is 374. The van der Waals surface area contributed by atoms with Crippen molar-refractivity contribution < 1.29 is 9.53 Å². The molecule has 0 bridgehead atoms. The third-order valence-electron chi connectivity index (χ3n) is 2.74. The van der Waals surface area contributed by atoms with Gasteiger partial charge in [-0.2, -0.15) is 0 Å². The molecule has 0 atom stereocenters. The van der Waals surface area contributed by atoms with E-state index in [2.05, 4.69) is 6.92 Å². The van der Waals surface area contributed by atoms with Crippen LogP contribution in [0.4, 0.5) is 0 Å². The van der Waals surface area contributed by atoms with Gasteiger partial charge in [0, 0.05) is 13.6 Å².